The van der Waals surface area contributed by atoms with E-state index in [1.54, 1.807) is 0 Å². The van der Waals surface area contributed by atoms with Crippen LogP contribution in [0.2, 0.25) is 0 Å². The van der Waals surface area contributed by atoms with E-state index in [-0.39, 0.29) is 24.0 Å². The summed E-state index contributed by atoms with van der Waals surface area (Å²) in [6.45, 7) is 9.01. The Bertz CT molecular complexity index is 484. The molecule has 0 radical (unpaired) electrons. The highest BCUT2D eigenvalue weighted by Gasteiger charge is 2.11. The summed E-state index contributed by atoms with van der Waals surface area (Å²) in [7, 11) is 0. The minimum Gasteiger partial charge on any atom is -0.357 e. The first kappa shape index (κ1) is 21.0. The normalized spacial score (nSPS) is 15.4. The lowest BCUT2D eigenvalue weighted by atomic mass is 10.2. The molecule has 2 heterocycles. The Morgan fingerprint density at radius 3 is 2.58 bits per heavy atom. The average molecular weight is 445 g/mol. The van der Waals surface area contributed by atoms with Gasteiger partial charge in [-0.2, -0.15) is 0 Å². The molecule has 1 aliphatic rings. The molecule has 1 aromatic heterocycles. The molecule has 5 nitrogen and oxygen atoms in total. The van der Waals surface area contributed by atoms with Crippen molar-refractivity contribution in [3.63, 3.8) is 0 Å². The zero-order valence-corrected chi connectivity index (χ0v) is 17.4. The number of guanidine groups is 1. The molecular weight excluding hydrogens is 413 g/mol. The summed E-state index contributed by atoms with van der Waals surface area (Å²) in [5, 5.41) is 6.63. The Kier molecular flexibility index (Phi) is 10.8. The third kappa shape index (κ3) is 7.23. The summed E-state index contributed by atoms with van der Waals surface area (Å²) in [5.74, 6) is 1.99. The molecule has 0 aromatic carbocycles. The SMILES string of the molecule is CCCNC(=NCc1ccnc(N2CCCCCC2)c1)NCC.I. The fourth-order valence-corrected chi connectivity index (χ4v) is 2.79. The third-order valence-corrected chi connectivity index (χ3v) is 4.05. The van der Waals surface area contributed by atoms with Gasteiger partial charge in [-0.3, -0.25) is 0 Å². The quantitative estimate of drug-likeness (QED) is 0.400. The van der Waals surface area contributed by atoms with Crippen LogP contribution in [0.15, 0.2) is 23.3 Å². The highest BCUT2D eigenvalue weighted by molar-refractivity contribution is 14.0. The molecule has 0 spiro atoms. The molecule has 1 aliphatic heterocycles. The smallest absolute Gasteiger partial charge is 0.191 e. The first-order valence-electron chi connectivity index (χ1n) is 9.05. The molecule has 6 heteroatoms. The lowest BCUT2D eigenvalue weighted by Crippen LogP contribution is -2.37. The maximum absolute atomic E-state index is 4.67. The van der Waals surface area contributed by atoms with Gasteiger partial charge in [-0.05, 0) is 43.9 Å². The summed E-state index contributed by atoms with van der Waals surface area (Å²) >= 11 is 0. The van der Waals surface area contributed by atoms with Crippen LogP contribution in [0.5, 0.6) is 0 Å². The minimum atomic E-state index is 0. The largest absolute Gasteiger partial charge is 0.357 e. The number of pyridine rings is 1. The van der Waals surface area contributed by atoms with E-state index in [4.69, 9.17) is 0 Å². The number of hydrogen-bond donors (Lipinski definition) is 2. The zero-order chi connectivity index (χ0) is 16.3. The third-order valence-electron chi connectivity index (χ3n) is 4.05. The lowest BCUT2D eigenvalue weighted by Gasteiger charge is -2.21. The van der Waals surface area contributed by atoms with E-state index >= 15 is 0 Å². The molecule has 136 valence electrons. The van der Waals surface area contributed by atoms with Gasteiger partial charge in [-0.15, -0.1) is 24.0 Å². The number of nitrogens with zero attached hydrogens (tertiary/aromatic N) is 3. The van der Waals surface area contributed by atoms with Crippen molar-refractivity contribution < 1.29 is 0 Å². The van der Waals surface area contributed by atoms with E-state index in [9.17, 15) is 0 Å². The fourth-order valence-electron chi connectivity index (χ4n) is 2.79. The Morgan fingerprint density at radius 1 is 1.17 bits per heavy atom. The fraction of sp³-hybridized carbons (Fsp3) is 0.667. The van der Waals surface area contributed by atoms with Gasteiger partial charge in [0.1, 0.15) is 5.82 Å². The maximum atomic E-state index is 4.67. The Labute approximate surface area is 163 Å². The minimum absolute atomic E-state index is 0. The van der Waals surface area contributed by atoms with E-state index in [2.05, 4.69) is 51.5 Å². The van der Waals surface area contributed by atoms with Gasteiger partial charge in [-0.1, -0.05) is 19.8 Å². The second kappa shape index (κ2) is 12.3. The molecule has 0 aliphatic carbocycles. The molecule has 0 amide bonds. The van der Waals surface area contributed by atoms with Gasteiger partial charge in [0.2, 0.25) is 0 Å². The maximum Gasteiger partial charge on any atom is 0.191 e. The first-order chi connectivity index (χ1) is 11.3. The molecule has 1 fully saturated rings. The van der Waals surface area contributed by atoms with Crippen molar-refractivity contribution in [1.82, 2.24) is 15.6 Å². The average Bonchev–Trinajstić information content (AvgIpc) is 2.87. The van der Waals surface area contributed by atoms with Crippen LogP contribution in [0.3, 0.4) is 0 Å². The number of hydrogen-bond acceptors (Lipinski definition) is 3. The van der Waals surface area contributed by atoms with E-state index in [1.165, 1.54) is 31.2 Å². The summed E-state index contributed by atoms with van der Waals surface area (Å²) in [5.41, 5.74) is 1.22. The first-order valence-corrected chi connectivity index (χ1v) is 9.05. The van der Waals surface area contributed by atoms with Crippen LogP contribution in [0.4, 0.5) is 5.82 Å². The molecule has 1 saturated heterocycles. The van der Waals surface area contributed by atoms with Crippen LogP contribution in [0.25, 0.3) is 0 Å². The number of halogens is 1. The van der Waals surface area contributed by atoms with E-state index < -0.39 is 0 Å². The van der Waals surface area contributed by atoms with Gasteiger partial charge in [0.05, 0.1) is 6.54 Å². The zero-order valence-electron chi connectivity index (χ0n) is 15.1. The van der Waals surface area contributed by atoms with Gasteiger partial charge in [0.25, 0.3) is 0 Å². The number of aliphatic imine (C=N–C) groups is 1. The molecular formula is C18H32IN5. The number of rotatable bonds is 6. The number of aromatic nitrogens is 1. The van der Waals surface area contributed by atoms with Crippen LogP contribution in [-0.4, -0.2) is 37.1 Å². The van der Waals surface area contributed by atoms with E-state index in [0.29, 0.717) is 6.54 Å². The van der Waals surface area contributed by atoms with Crippen molar-refractivity contribution in [2.45, 2.75) is 52.5 Å². The standard InChI is InChI=1S/C18H31N5.HI/c1-3-10-21-18(19-4-2)22-15-16-9-11-20-17(14-16)23-12-7-5-6-8-13-23;/h9,11,14H,3-8,10,12-13,15H2,1-2H3,(H2,19,21,22);1H. The highest BCUT2D eigenvalue weighted by atomic mass is 127. The predicted molar refractivity (Wildman–Crippen MR) is 113 cm³/mol. The lowest BCUT2D eigenvalue weighted by molar-refractivity contribution is 0.726. The monoisotopic (exact) mass is 445 g/mol. The second-order valence-corrected chi connectivity index (χ2v) is 6.05. The number of nitrogens with one attached hydrogen (secondary N) is 2. The molecule has 24 heavy (non-hydrogen) atoms. The van der Waals surface area contributed by atoms with Crippen molar-refractivity contribution in [2.24, 2.45) is 4.99 Å². The molecule has 0 saturated carbocycles. The molecule has 0 unspecified atom stereocenters. The van der Waals surface area contributed by atoms with Gasteiger partial charge in [0, 0.05) is 32.4 Å². The van der Waals surface area contributed by atoms with Gasteiger partial charge < -0.3 is 15.5 Å². The molecule has 0 bridgehead atoms. The van der Waals surface area contributed by atoms with E-state index in [1.807, 2.05) is 6.20 Å². The topological polar surface area (TPSA) is 52.6 Å². The Hall–Kier alpha value is -1.05. The van der Waals surface area contributed by atoms with Crippen molar-refractivity contribution in [1.29, 1.82) is 0 Å². The van der Waals surface area contributed by atoms with Crippen LogP contribution in [0, 0.1) is 0 Å². The predicted octanol–water partition coefficient (Wildman–Crippen LogP) is 3.55. The molecule has 2 N–H and O–H groups in total. The van der Waals surface area contributed by atoms with Crippen molar-refractivity contribution in [2.75, 3.05) is 31.1 Å². The van der Waals surface area contributed by atoms with Crippen LogP contribution < -0.4 is 15.5 Å². The van der Waals surface area contributed by atoms with E-state index in [0.717, 1.165) is 44.4 Å². The highest BCUT2D eigenvalue weighted by Crippen LogP contribution is 2.18. The van der Waals surface area contributed by atoms with Gasteiger partial charge >= 0.3 is 0 Å². The van der Waals surface area contributed by atoms with Crippen molar-refractivity contribution in [3.8, 4) is 0 Å². The van der Waals surface area contributed by atoms with Gasteiger partial charge in [0.15, 0.2) is 5.96 Å². The second-order valence-electron chi connectivity index (χ2n) is 6.05. The van der Waals surface area contributed by atoms with Crippen molar-refractivity contribution >= 4 is 35.8 Å². The van der Waals surface area contributed by atoms with Crippen LogP contribution in [-0.2, 0) is 6.54 Å². The van der Waals surface area contributed by atoms with Crippen LogP contribution >= 0.6 is 24.0 Å². The summed E-state index contributed by atoms with van der Waals surface area (Å²) in [4.78, 5) is 11.7. The molecule has 0 atom stereocenters. The molecule has 1 aromatic rings. The van der Waals surface area contributed by atoms with Crippen molar-refractivity contribution in [3.05, 3.63) is 23.9 Å². The number of anilines is 1. The summed E-state index contributed by atoms with van der Waals surface area (Å²) in [6, 6.07) is 4.26. The van der Waals surface area contributed by atoms with Gasteiger partial charge in [-0.25, -0.2) is 9.98 Å². The molecule has 2 rings (SSSR count). The van der Waals surface area contributed by atoms with Crippen LogP contribution in [0.1, 0.15) is 51.5 Å². The summed E-state index contributed by atoms with van der Waals surface area (Å²) in [6.07, 6.45) is 8.24. The Morgan fingerprint density at radius 2 is 1.92 bits per heavy atom. The Balaban J connectivity index is 0.00000288. The summed E-state index contributed by atoms with van der Waals surface area (Å²) < 4.78 is 0.